The fourth-order valence-electron chi connectivity index (χ4n) is 6.11. The third-order valence-corrected chi connectivity index (χ3v) is 7.73. The number of hydrogen-bond acceptors (Lipinski definition) is 6. The molecule has 2 saturated carbocycles. The molecule has 2 fully saturated rings. The van der Waals surface area contributed by atoms with Crippen molar-refractivity contribution in [2.45, 2.75) is 75.9 Å². The minimum atomic E-state index is -0.932. The molecule has 0 spiro atoms. The number of allylic oxidation sites excluding steroid dienone is 4. The van der Waals surface area contributed by atoms with Crippen molar-refractivity contribution in [3.05, 3.63) is 53.9 Å². The van der Waals surface area contributed by atoms with Crippen molar-refractivity contribution in [3.8, 4) is 0 Å². The van der Waals surface area contributed by atoms with Gasteiger partial charge in [-0.1, -0.05) is 47.9 Å². The first-order chi connectivity index (χ1) is 17.1. The number of hydrogen-bond donors (Lipinski definition) is 1. The summed E-state index contributed by atoms with van der Waals surface area (Å²) in [6, 6.07) is 8.99. The van der Waals surface area contributed by atoms with Gasteiger partial charge in [0, 0.05) is 30.0 Å². The molecular formula is C27H30N4O4. The number of benzene rings is 1. The lowest BCUT2D eigenvalue weighted by Crippen LogP contribution is -2.49. The highest BCUT2D eigenvalue weighted by Crippen LogP contribution is 2.54. The van der Waals surface area contributed by atoms with Crippen LogP contribution in [0.25, 0.3) is 5.57 Å². The summed E-state index contributed by atoms with van der Waals surface area (Å²) in [5, 5.41) is 18.0. The van der Waals surface area contributed by atoms with E-state index in [0.717, 1.165) is 61.8 Å². The molecule has 0 saturated heterocycles. The van der Waals surface area contributed by atoms with Crippen molar-refractivity contribution in [2.75, 3.05) is 4.90 Å². The van der Waals surface area contributed by atoms with Crippen molar-refractivity contribution < 1.29 is 19.1 Å². The maximum atomic E-state index is 13.4. The van der Waals surface area contributed by atoms with E-state index in [1.165, 1.54) is 0 Å². The summed E-state index contributed by atoms with van der Waals surface area (Å²) < 4.78 is 6.23. The maximum absolute atomic E-state index is 13.4. The van der Waals surface area contributed by atoms with Crippen molar-refractivity contribution in [3.63, 3.8) is 0 Å². The molecule has 1 N–H and O–H groups in total. The Balaban J connectivity index is 1.39. The van der Waals surface area contributed by atoms with Crippen molar-refractivity contribution >= 4 is 29.2 Å². The van der Waals surface area contributed by atoms with Crippen molar-refractivity contribution in [1.29, 1.82) is 0 Å². The van der Waals surface area contributed by atoms with Gasteiger partial charge < -0.3 is 14.4 Å². The molecule has 35 heavy (non-hydrogen) atoms. The lowest BCUT2D eigenvalue weighted by atomic mass is 9.81. The van der Waals surface area contributed by atoms with E-state index in [-0.39, 0.29) is 42.8 Å². The first-order valence-electron chi connectivity index (χ1n) is 12.7. The molecule has 0 bridgehead atoms. The van der Waals surface area contributed by atoms with Gasteiger partial charge in [-0.25, -0.2) is 0 Å². The molecule has 2 aromatic rings. The average molecular weight is 475 g/mol. The van der Waals surface area contributed by atoms with Crippen LogP contribution in [0, 0.1) is 5.92 Å². The summed E-state index contributed by atoms with van der Waals surface area (Å²) in [5.74, 6) is -0.222. The molecule has 1 aromatic carbocycles. The number of aliphatic carboxylic acids is 1. The van der Waals surface area contributed by atoms with Crippen LogP contribution in [0.4, 0.5) is 11.7 Å². The molecule has 8 nitrogen and oxygen atoms in total. The highest BCUT2D eigenvalue weighted by atomic mass is 16.4. The SMILES string of the molecule is O=C(O)CCC(=O)N(C1CC1)C1c2ccccc2N(c2nnc(C3=CCCC=C3)o2)C2CCCC21. The van der Waals surface area contributed by atoms with Gasteiger partial charge in [0.05, 0.1) is 18.2 Å². The number of para-hydroxylation sites is 1. The van der Waals surface area contributed by atoms with Crippen molar-refractivity contribution in [1.82, 2.24) is 15.1 Å². The number of amides is 1. The number of carbonyl (C=O) groups is 2. The fourth-order valence-corrected chi connectivity index (χ4v) is 6.11. The summed E-state index contributed by atoms with van der Waals surface area (Å²) in [7, 11) is 0. The van der Waals surface area contributed by atoms with Crippen LogP contribution < -0.4 is 4.90 Å². The molecule has 182 valence electrons. The molecule has 3 unspecified atom stereocenters. The van der Waals surface area contributed by atoms with Gasteiger partial charge in [0.1, 0.15) is 0 Å². The molecule has 3 atom stereocenters. The molecule has 4 aliphatic rings. The summed E-state index contributed by atoms with van der Waals surface area (Å²) in [4.78, 5) is 28.7. The highest BCUT2D eigenvalue weighted by molar-refractivity contribution is 5.82. The van der Waals surface area contributed by atoms with Gasteiger partial charge >= 0.3 is 12.0 Å². The molecule has 6 rings (SSSR count). The van der Waals surface area contributed by atoms with E-state index in [4.69, 9.17) is 9.52 Å². The summed E-state index contributed by atoms with van der Waals surface area (Å²) in [6.07, 6.45) is 13.2. The summed E-state index contributed by atoms with van der Waals surface area (Å²) in [5.41, 5.74) is 3.05. The quantitative estimate of drug-likeness (QED) is 0.601. The van der Waals surface area contributed by atoms with Gasteiger partial charge in [-0.15, -0.1) is 5.10 Å². The minimum Gasteiger partial charge on any atom is -0.481 e. The van der Waals surface area contributed by atoms with E-state index in [0.29, 0.717) is 11.9 Å². The van der Waals surface area contributed by atoms with Crippen LogP contribution >= 0.6 is 0 Å². The summed E-state index contributed by atoms with van der Waals surface area (Å²) in [6.45, 7) is 0. The van der Waals surface area contributed by atoms with Gasteiger partial charge in [0.15, 0.2) is 0 Å². The number of anilines is 2. The molecule has 3 aliphatic carbocycles. The second-order valence-electron chi connectivity index (χ2n) is 9.99. The zero-order valence-electron chi connectivity index (χ0n) is 19.7. The molecule has 1 amide bonds. The number of fused-ring (bicyclic) bond motifs is 2. The van der Waals surface area contributed by atoms with E-state index < -0.39 is 5.97 Å². The minimum absolute atomic E-state index is 0.0429. The van der Waals surface area contributed by atoms with Gasteiger partial charge in [-0.3, -0.25) is 14.5 Å². The Bertz CT molecular complexity index is 1200. The molecule has 1 aliphatic heterocycles. The monoisotopic (exact) mass is 474 g/mol. The Morgan fingerprint density at radius 1 is 1.09 bits per heavy atom. The largest absolute Gasteiger partial charge is 0.481 e. The molecule has 2 heterocycles. The topological polar surface area (TPSA) is 99.8 Å². The molecule has 8 heteroatoms. The van der Waals surface area contributed by atoms with Crippen LogP contribution in [0.5, 0.6) is 0 Å². The van der Waals surface area contributed by atoms with Crippen LogP contribution in [0.15, 0.2) is 46.9 Å². The Morgan fingerprint density at radius 3 is 2.71 bits per heavy atom. The van der Waals surface area contributed by atoms with Gasteiger partial charge in [0.25, 0.3) is 0 Å². The smallest absolute Gasteiger partial charge is 0.323 e. The predicted molar refractivity (Wildman–Crippen MR) is 130 cm³/mol. The highest BCUT2D eigenvalue weighted by Gasteiger charge is 2.51. The van der Waals surface area contributed by atoms with E-state index in [2.05, 4.69) is 39.4 Å². The number of carboxylic acid groups (broad SMARTS) is 1. The Hall–Kier alpha value is -3.42. The molecule has 1 aromatic heterocycles. The number of nitrogens with zero attached hydrogens (tertiary/aromatic N) is 4. The van der Waals surface area contributed by atoms with Gasteiger partial charge in [-0.05, 0) is 50.2 Å². The lowest BCUT2D eigenvalue weighted by molar-refractivity contribution is -0.142. The number of aromatic nitrogens is 2. The van der Waals surface area contributed by atoms with Crippen molar-refractivity contribution in [2.24, 2.45) is 5.92 Å². The molecular weight excluding hydrogens is 444 g/mol. The normalized spacial score (nSPS) is 25.1. The second kappa shape index (κ2) is 8.98. The third-order valence-electron chi connectivity index (χ3n) is 7.73. The van der Waals surface area contributed by atoms with Crippen LogP contribution in [0.3, 0.4) is 0 Å². The predicted octanol–water partition coefficient (Wildman–Crippen LogP) is 5.02. The third kappa shape index (κ3) is 4.05. The number of rotatable bonds is 7. The Labute approximate surface area is 204 Å². The summed E-state index contributed by atoms with van der Waals surface area (Å²) >= 11 is 0. The van der Waals surface area contributed by atoms with E-state index >= 15 is 0 Å². The first-order valence-corrected chi connectivity index (χ1v) is 12.7. The number of carbonyl (C=O) groups excluding carboxylic acids is 1. The second-order valence-corrected chi connectivity index (χ2v) is 9.99. The Morgan fingerprint density at radius 2 is 1.94 bits per heavy atom. The van der Waals surface area contributed by atoms with Crippen LogP contribution in [-0.4, -0.2) is 44.2 Å². The van der Waals surface area contributed by atoms with Crippen LogP contribution in [0.2, 0.25) is 0 Å². The Kier molecular flexibility index (Phi) is 5.66. The van der Waals surface area contributed by atoms with Crippen LogP contribution in [0.1, 0.15) is 75.3 Å². The maximum Gasteiger partial charge on any atom is 0.323 e. The standard InChI is InChI=1S/C27H30N4O4/c32-23(15-16-24(33)34)30(18-13-14-18)25-19-9-4-5-11-21(19)31(22-12-6-10-20(22)25)27-29-28-26(35-27)17-7-2-1-3-8-17/h2,4-5,7-9,11,18,20,22,25H,1,3,6,10,12-16H2,(H,33,34). The van der Waals surface area contributed by atoms with Crippen LogP contribution in [-0.2, 0) is 9.59 Å². The van der Waals surface area contributed by atoms with Gasteiger partial charge in [-0.2, -0.15) is 0 Å². The van der Waals surface area contributed by atoms with E-state index in [1.54, 1.807) is 0 Å². The zero-order valence-corrected chi connectivity index (χ0v) is 19.7. The first kappa shape index (κ1) is 22.1. The van der Waals surface area contributed by atoms with Gasteiger partial charge in [0.2, 0.25) is 11.8 Å². The lowest BCUT2D eigenvalue weighted by Gasteiger charge is -2.47. The average Bonchev–Trinajstić information content (AvgIpc) is 3.37. The van der Waals surface area contributed by atoms with E-state index in [9.17, 15) is 9.59 Å². The van der Waals surface area contributed by atoms with E-state index in [1.807, 2.05) is 23.1 Å². The zero-order chi connectivity index (χ0) is 23.9. The fraction of sp³-hybridized carbons (Fsp3) is 0.481. The molecule has 0 radical (unpaired) electrons. The number of carboxylic acids is 1.